The second kappa shape index (κ2) is 7.25. The summed E-state index contributed by atoms with van der Waals surface area (Å²) >= 11 is 2.83. The van der Waals surface area contributed by atoms with Gasteiger partial charge in [-0.25, -0.2) is 0 Å². The van der Waals surface area contributed by atoms with Gasteiger partial charge in [0.2, 0.25) is 5.91 Å². The summed E-state index contributed by atoms with van der Waals surface area (Å²) in [6, 6.07) is 7.63. The molecule has 1 atom stereocenters. The number of hydrogen-bond acceptors (Lipinski definition) is 6. The maximum Gasteiger partial charge on any atom is 0.233 e. The number of methoxy groups -OCH3 is 1. The molecule has 0 aliphatic rings. The summed E-state index contributed by atoms with van der Waals surface area (Å²) in [5.74, 6) is 0.744. The van der Waals surface area contributed by atoms with Gasteiger partial charge in [0.1, 0.15) is 11.3 Å². The van der Waals surface area contributed by atoms with Crippen LogP contribution >= 0.6 is 23.1 Å². The monoisotopic (exact) mass is 309 g/mol. The molecule has 1 heterocycles. The Balaban J connectivity index is 1.88. The van der Waals surface area contributed by atoms with Crippen molar-refractivity contribution in [2.75, 3.05) is 7.11 Å². The SMILES string of the molecule is COc1ccccc1CNC(=O)[C@@H](C)Sc1nncs1. The summed E-state index contributed by atoms with van der Waals surface area (Å²) in [6.45, 7) is 2.30. The van der Waals surface area contributed by atoms with Crippen molar-refractivity contribution in [2.45, 2.75) is 23.1 Å². The lowest BCUT2D eigenvalue weighted by atomic mass is 10.2. The van der Waals surface area contributed by atoms with Gasteiger partial charge in [0.15, 0.2) is 4.34 Å². The molecule has 106 valence electrons. The quantitative estimate of drug-likeness (QED) is 0.830. The number of carbonyl (C=O) groups excluding carboxylic acids is 1. The van der Waals surface area contributed by atoms with Crippen LogP contribution in [0.15, 0.2) is 34.1 Å². The zero-order valence-electron chi connectivity index (χ0n) is 11.2. The van der Waals surface area contributed by atoms with Gasteiger partial charge < -0.3 is 10.1 Å². The van der Waals surface area contributed by atoms with Crippen molar-refractivity contribution in [3.05, 3.63) is 35.3 Å². The van der Waals surface area contributed by atoms with Gasteiger partial charge in [0.25, 0.3) is 0 Å². The Morgan fingerprint density at radius 3 is 3.00 bits per heavy atom. The molecule has 5 nitrogen and oxygen atoms in total. The number of rotatable bonds is 6. The largest absolute Gasteiger partial charge is 0.496 e. The molecule has 0 bridgehead atoms. The highest BCUT2D eigenvalue weighted by Gasteiger charge is 2.16. The molecule has 0 fully saturated rings. The topological polar surface area (TPSA) is 64.1 Å². The number of hydrogen-bond donors (Lipinski definition) is 1. The van der Waals surface area contributed by atoms with Crippen LogP contribution in [0.1, 0.15) is 12.5 Å². The number of benzene rings is 1. The Bertz CT molecular complexity index is 561. The van der Waals surface area contributed by atoms with E-state index in [1.807, 2.05) is 31.2 Å². The number of nitrogens with one attached hydrogen (secondary N) is 1. The molecule has 7 heteroatoms. The number of para-hydroxylation sites is 1. The van der Waals surface area contributed by atoms with Gasteiger partial charge in [-0.05, 0) is 13.0 Å². The number of ether oxygens (including phenoxy) is 1. The van der Waals surface area contributed by atoms with Gasteiger partial charge in [-0.3, -0.25) is 4.79 Å². The first kappa shape index (κ1) is 14.8. The van der Waals surface area contributed by atoms with E-state index >= 15 is 0 Å². The van der Waals surface area contributed by atoms with Gasteiger partial charge in [-0.15, -0.1) is 10.2 Å². The van der Waals surface area contributed by atoms with Crippen molar-refractivity contribution < 1.29 is 9.53 Å². The van der Waals surface area contributed by atoms with E-state index < -0.39 is 0 Å². The molecule has 1 aromatic heterocycles. The van der Waals surface area contributed by atoms with E-state index in [0.717, 1.165) is 15.7 Å². The minimum atomic E-state index is -0.211. The maximum absolute atomic E-state index is 12.0. The Kier molecular flexibility index (Phi) is 5.37. The Morgan fingerprint density at radius 2 is 2.30 bits per heavy atom. The highest BCUT2D eigenvalue weighted by Crippen LogP contribution is 2.24. The molecule has 20 heavy (non-hydrogen) atoms. The molecule has 1 N–H and O–H groups in total. The molecule has 0 spiro atoms. The number of aromatic nitrogens is 2. The molecule has 0 unspecified atom stereocenters. The number of thioether (sulfide) groups is 1. The molecule has 0 aliphatic heterocycles. The standard InChI is InChI=1S/C13H15N3O2S2/c1-9(20-13-16-15-8-19-13)12(17)14-7-10-5-3-4-6-11(10)18-2/h3-6,8-9H,7H2,1-2H3,(H,14,17)/t9-/m1/s1. The molecule has 1 aromatic carbocycles. The van der Waals surface area contributed by atoms with Crippen LogP contribution in [0.25, 0.3) is 0 Å². The van der Waals surface area contributed by atoms with Crippen molar-refractivity contribution in [3.8, 4) is 5.75 Å². The van der Waals surface area contributed by atoms with Crippen molar-refractivity contribution in [1.82, 2.24) is 15.5 Å². The number of nitrogens with zero attached hydrogens (tertiary/aromatic N) is 2. The average molecular weight is 309 g/mol. The fourth-order valence-corrected chi connectivity index (χ4v) is 3.24. The summed E-state index contributed by atoms with van der Waals surface area (Å²) < 4.78 is 6.05. The summed E-state index contributed by atoms with van der Waals surface area (Å²) in [5.41, 5.74) is 2.61. The van der Waals surface area contributed by atoms with Crippen LogP contribution < -0.4 is 10.1 Å². The normalized spacial score (nSPS) is 11.9. The van der Waals surface area contributed by atoms with Crippen molar-refractivity contribution >= 4 is 29.0 Å². The third-order valence-corrected chi connectivity index (χ3v) is 4.54. The first-order valence-electron chi connectivity index (χ1n) is 6.03. The smallest absolute Gasteiger partial charge is 0.233 e. The Hall–Kier alpha value is -1.60. The van der Waals surface area contributed by atoms with E-state index in [1.165, 1.54) is 23.1 Å². The molecule has 0 saturated heterocycles. The van der Waals surface area contributed by atoms with Crippen molar-refractivity contribution in [1.29, 1.82) is 0 Å². The summed E-state index contributed by atoms with van der Waals surface area (Å²) in [6.07, 6.45) is 0. The van der Waals surface area contributed by atoms with E-state index in [9.17, 15) is 4.79 Å². The van der Waals surface area contributed by atoms with Gasteiger partial charge >= 0.3 is 0 Å². The van der Waals surface area contributed by atoms with E-state index in [4.69, 9.17) is 4.74 Å². The van der Waals surface area contributed by atoms with Crippen molar-refractivity contribution in [2.24, 2.45) is 0 Å². The minimum absolute atomic E-state index is 0.0314. The fraction of sp³-hybridized carbons (Fsp3) is 0.308. The van der Waals surface area contributed by atoms with Crippen LogP contribution in [-0.4, -0.2) is 28.5 Å². The Morgan fingerprint density at radius 1 is 1.50 bits per heavy atom. The molecule has 0 radical (unpaired) electrons. The third-order valence-electron chi connectivity index (χ3n) is 2.63. The van der Waals surface area contributed by atoms with Crippen LogP contribution in [-0.2, 0) is 11.3 Å². The summed E-state index contributed by atoms with van der Waals surface area (Å²) in [7, 11) is 1.62. The van der Waals surface area contributed by atoms with Crippen LogP contribution in [0.4, 0.5) is 0 Å². The lowest BCUT2D eigenvalue weighted by molar-refractivity contribution is -0.120. The van der Waals surface area contributed by atoms with E-state index in [1.54, 1.807) is 12.6 Å². The highest BCUT2D eigenvalue weighted by atomic mass is 32.2. The zero-order chi connectivity index (χ0) is 14.4. The molecule has 0 aliphatic carbocycles. The minimum Gasteiger partial charge on any atom is -0.496 e. The molecule has 2 aromatic rings. The fourth-order valence-electron chi connectivity index (χ4n) is 1.59. The lowest BCUT2D eigenvalue weighted by Crippen LogP contribution is -2.30. The molecular weight excluding hydrogens is 294 g/mol. The maximum atomic E-state index is 12.0. The van der Waals surface area contributed by atoms with Crippen LogP contribution in [0, 0.1) is 0 Å². The second-order valence-corrected chi connectivity index (χ2v) is 6.42. The van der Waals surface area contributed by atoms with Crippen LogP contribution in [0.2, 0.25) is 0 Å². The molecule has 0 saturated carbocycles. The molecule has 1 amide bonds. The van der Waals surface area contributed by atoms with Crippen LogP contribution in [0.5, 0.6) is 5.75 Å². The van der Waals surface area contributed by atoms with Gasteiger partial charge in [-0.1, -0.05) is 41.3 Å². The van der Waals surface area contributed by atoms with Gasteiger partial charge in [-0.2, -0.15) is 0 Å². The summed E-state index contributed by atoms with van der Waals surface area (Å²) in [4.78, 5) is 12.0. The van der Waals surface area contributed by atoms with Crippen LogP contribution in [0.3, 0.4) is 0 Å². The predicted octanol–water partition coefficient (Wildman–Crippen LogP) is 2.34. The highest BCUT2D eigenvalue weighted by molar-refractivity contribution is 8.02. The zero-order valence-corrected chi connectivity index (χ0v) is 12.8. The first-order chi connectivity index (χ1) is 9.70. The molecule has 2 rings (SSSR count). The number of amides is 1. The molecular formula is C13H15N3O2S2. The van der Waals surface area contributed by atoms with E-state index in [-0.39, 0.29) is 11.2 Å². The lowest BCUT2D eigenvalue weighted by Gasteiger charge is -2.12. The predicted molar refractivity (Wildman–Crippen MR) is 80.1 cm³/mol. The Labute approximate surface area is 125 Å². The van der Waals surface area contributed by atoms with Gasteiger partial charge in [0, 0.05) is 12.1 Å². The second-order valence-electron chi connectivity index (χ2n) is 3.99. The number of carbonyl (C=O) groups is 1. The van der Waals surface area contributed by atoms with Crippen molar-refractivity contribution in [3.63, 3.8) is 0 Å². The van der Waals surface area contributed by atoms with Gasteiger partial charge in [0.05, 0.1) is 12.4 Å². The summed E-state index contributed by atoms with van der Waals surface area (Å²) in [5, 5.41) is 10.4. The average Bonchev–Trinajstić information content (AvgIpc) is 2.97. The third kappa shape index (κ3) is 3.94. The first-order valence-corrected chi connectivity index (χ1v) is 7.79. The van der Waals surface area contributed by atoms with E-state index in [2.05, 4.69) is 15.5 Å². The van der Waals surface area contributed by atoms with E-state index in [0.29, 0.717) is 6.54 Å².